The molecule has 0 atom stereocenters. The topological polar surface area (TPSA) is 32.3 Å². The molecule has 1 N–H and O–H groups in total. The van der Waals surface area contributed by atoms with Gasteiger partial charge in [0.25, 0.3) is 0 Å². The molecule has 3 heteroatoms. The monoisotopic (exact) mass is 196 g/mol. The highest BCUT2D eigenvalue weighted by molar-refractivity contribution is 5.76. The Morgan fingerprint density at radius 2 is 2.21 bits per heavy atom. The lowest BCUT2D eigenvalue weighted by atomic mass is 10.2. The fourth-order valence-electron chi connectivity index (χ4n) is 1.05. The van der Waals surface area contributed by atoms with E-state index in [4.69, 9.17) is 6.42 Å². The first-order chi connectivity index (χ1) is 6.57. The zero-order chi connectivity index (χ0) is 11.0. The molecular formula is C11H20N2O. The van der Waals surface area contributed by atoms with Crippen molar-refractivity contribution in [2.75, 3.05) is 20.1 Å². The molecule has 0 aromatic carbocycles. The first kappa shape index (κ1) is 13.0. The highest BCUT2D eigenvalue weighted by Gasteiger charge is 2.06. The van der Waals surface area contributed by atoms with Crippen molar-refractivity contribution in [1.82, 2.24) is 10.2 Å². The number of hydrogen-bond donors (Lipinski definition) is 1. The van der Waals surface area contributed by atoms with Gasteiger partial charge in [0.2, 0.25) is 5.91 Å². The van der Waals surface area contributed by atoms with Crippen LogP contribution in [0.2, 0.25) is 0 Å². The number of carbonyl (C=O) groups is 1. The first-order valence-electron chi connectivity index (χ1n) is 4.98. The molecule has 0 aliphatic heterocycles. The molecule has 0 unspecified atom stereocenters. The third-order valence-electron chi connectivity index (χ3n) is 1.87. The summed E-state index contributed by atoms with van der Waals surface area (Å²) in [6.07, 6.45) is 6.54. The van der Waals surface area contributed by atoms with E-state index >= 15 is 0 Å². The van der Waals surface area contributed by atoms with Gasteiger partial charge in [-0.05, 0) is 13.0 Å². The van der Waals surface area contributed by atoms with Crippen LogP contribution >= 0.6 is 0 Å². The number of amides is 1. The zero-order valence-electron chi connectivity index (χ0n) is 9.34. The van der Waals surface area contributed by atoms with Crippen LogP contribution < -0.4 is 5.32 Å². The van der Waals surface area contributed by atoms with Crippen LogP contribution in [0.3, 0.4) is 0 Å². The van der Waals surface area contributed by atoms with Crippen molar-refractivity contribution in [3.05, 3.63) is 0 Å². The third kappa shape index (κ3) is 6.50. The number of nitrogens with one attached hydrogen (secondary N) is 1. The summed E-state index contributed by atoms with van der Waals surface area (Å²) in [5.74, 6) is 2.57. The number of carbonyl (C=O) groups excluding carboxylic acids is 1. The van der Waals surface area contributed by atoms with Gasteiger partial charge in [0.15, 0.2) is 0 Å². The van der Waals surface area contributed by atoms with Crippen LogP contribution in [0, 0.1) is 12.3 Å². The number of hydrogen-bond acceptors (Lipinski definition) is 2. The predicted molar refractivity (Wildman–Crippen MR) is 58.8 cm³/mol. The van der Waals surface area contributed by atoms with Crippen LogP contribution in [-0.4, -0.2) is 37.0 Å². The van der Waals surface area contributed by atoms with Crippen LogP contribution in [0.25, 0.3) is 0 Å². The summed E-state index contributed by atoms with van der Waals surface area (Å²) in [4.78, 5) is 13.0. The van der Waals surface area contributed by atoms with E-state index in [1.54, 1.807) is 11.9 Å². The Kier molecular flexibility index (Phi) is 6.87. The summed E-state index contributed by atoms with van der Waals surface area (Å²) in [5.41, 5.74) is 0. The fourth-order valence-corrected chi connectivity index (χ4v) is 1.05. The molecule has 0 aromatic heterocycles. The minimum Gasteiger partial charge on any atom is -0.335 e. The van der Waals surface area contributed by atoms with Crippen LogP contribution in [0.15, 0.2) is 0 Å². The van der Waals surface area contributed by atoms with Gasteiger partial charge in [-0.25, -0.2) is 0 Å². The molecular weight excluding hydrogens is 176 g/mol. The highest BCUT2D eigenvalue weighted by Crippen LogP contribution is 1.94. The summed E-state index contributed by atoms with van der Waals surface area (Å²) >= 11 is 0. The summed E-state index contributed by atoms with van der Waals surface area (Å²) in [5, 5.41) is 3.26. The molecule has 0 spiro atoms. The molecule has 3 nitrogen and oxygen atoms in total. The summed E-state index contributed by atoms with van der Waals surface area (Å²) in [7, 11) is 1.73. The zero-order valence-corrected chi connectivity index (χ0v) is 9.34. The lowest BCUT2D eigenvalue weighted by molar-refractivity contribution is -0.129. The van der Waals surface area contributed by atoms with Crippen molar-refractivity contribution in [3.8, 4) is 12.3 Å². The lowest BCUT2D eigenvalue weighted by Gasteiger charge is -2.14. The molecule has 0 rings (SSSR count). The predicted octanol–water partition coefficient (Wildman–Crippen LogP) is 0.856. The maximum atomic E-state index is 11.4. The SMILES string of the molecule is C#CCN(C)C(=O)CCCNC(C)C. The van der Waals surface area contributed by atoms with E-state index in [2.05, 4.69) is 25.1 Å². The Morgan fingerprint density at radius 1 is 1.57 bits per heavy atom. The summed E-state index contributed by atoms with van der Waals surface area (Å²) in [6, 6.07) is 0.480. The average Bonchev–Trinajstić information content (AvgIpc) is 2.12. The molecule has 0 aliphatic rings. The highest BCUT2D eigenvalue weighted by atomic mass is 16.2. The van der Waals surface area contributed by atoms with E-state index in [1.165, 1.54) is 0 Å². The Hall–Kier alpha value is -1.01. The Balaban J connectivity index is 3.50. The van der Waals surface area contributed by atoms with Gasteiger partial charge in [-0.3, -0.25) is 4.79 Å². The van der Waals surface area contributed by atoms with Crippen LogP contribution in [0.4, 0.5) is 0 Å². The molecule has 0 saturated carbocycles. The Morgan fingerprint density at radius 3 is 2.71 bits per heavy atom. The lowest BCUT2D eigenvalue weighted by Crippen LogP contribution is -2.29. The number of rotatable bonds is 6. The maximum absolute atomic E-state index is 11.4. The smallest absolute Gasteiger partial charge is 0.223 e. The summed E-state index contributed by atoms with van der Waals surface area (Å²) < 4.78 is 0. The van der Waals surface area contributed by atoms with E-state index in [9.17, 15) is 4.79 Å². The molecule has 0 radical (unpaired) electrons. The van der Waals surface area contributed by atoms with E-state index in [1.807, 2.05) is 0 Å². The molecule has 0 saturated heterocycles. The molecule has 14 heavy (non-hydrogen) atoms. The van der Waals surface area contributed by atoms with Gasteiger partial charge in [0.1, 0.15) is 0 Å². The minimum atomic E-state index is 0.119. The maximum Gasteiger partial charge on any atom is 0.223 e. The van der Waals surface area contributed by atoms with Crippen molar-refractivity contribution < 1.29 is 4.79 Å². The van der Waals surface area contributed by atoms with Crippen molar-refractivity contribution >= 4 is 5.91 Å². The molecule has 0 aromatic rings. The molecule has 0 fully saturated rings. The van der Waals surface area contributed by atoms with Gasteiger partial charge in [-0.2, -0.15) is 0 Å². The van der Waals surface area contributed by atoms with Crippen LogP contribution in [0.5, 0.6) is 0 Å². The average molecular weight is 196 g/mol. The van der Waals surface area contributed by atoms with Gasteiger partial charge >= 0.3 is 0 Å². The Bertz CT molecular complexity index is 206. The molecule has 0 heterocycles. The molecule has 0 bridgehead atoms. The van der Waals surface area contributed by atoms with Crippen LogP contribution in [-0.2, 0) is 4.79 Å². The number of nitrogens with zero attached hydrogens (tertiary/aromatic N) is 1. The molecule has 1 amide bonds. The van der Waals surface area contributed by atoms with E-state index in [0.717, 1.165) is 13.0 Å². The van der Waals surface area contributed by atoms with E-state index in [0.29, 0.717) is 19.0 Å². The molecule has 80 valence electrons. The normalized spacial score (nSPS) is 9.93. The van der Waals surface area contributed by atoms with E-state index in [-0.39, 0.29) is 5.91 Å². The van der Waals surface area contributed by atoms with E-state index < -0.39 is 0 Å². The minimum absolute atomic E-state index is 0.119. The number of terminal acetylenes is 1. The van der Waals surface area contributed by atoms with Gasteiger partial charge in [-0.15, -0.1) is 6.42 Å². The first-order valence-corrected chi connectivity index (χ1v) is 4.98. The largest absolute Gasteiger partial charge is 0.335 e. The van der Waals surface area contributed by atoms with Gasteiger partial charge in [0, 0.05) is 19.5 Å². The van der Waals surface area contributed by atoms with Gasteiger partial charge in [-0.1, -0.05) is 19.8 Å². The molecule has 0 aliphatic carbocycles. The second kappa shape index (κ2) is 7.40. The van der Waals surface area contributed by atoms with Crippen molar-refractivity contribution in [2.45, 2.75) is 32.7 Å². The standard InChI is InChI=1S/C11H20N2O/c1-5-9-13(4)11(14)7-6-8-12-10(2)3/h1,10,12H,6-9H2,2-4H3. The van der Waals surface area contributed by atoms with Crippen molar-refractivity contribution in [3.63, 3.8) is 0 Å². The summed E-state index contributed by atoms with van der Waals surface area (Å²) in [6.45, 7) is 5.46. The van der Waals surface area contributed by atoms with Crippen molar-refractivity contribution in [1.29, 1.82) is 0 Å². The second-order valence-corrected chi connectivity index (χ2v) is 3.67. The van der Waals surface area contributed by atoms with Crippen LogP contribution in [0.1, 0.15) is 26.7 Å². The van der Waals surface area contributed by atoms with Crippen molar-refractivity contribution in [2.24, 2.45) is 0 Å². The van der Waals surface area contributed by atoms with Gasteiger partial charge in [0.05, 0.1) is 6.54 Å². The Labute approximate surface area is 86.9 Å². The second-order valence-electron chi connectivity index (χ2n) is 3.67. The quantitative estimate of drug-likeness (QED) is 0.505. The third-order valence-corrected chi connectivity index (χ3v) is 1.87. The van der Waals surface area contributed by atoms with Gasteiger partial charge < -0.3 is 10.2 Å². The fraction of sp³-hybridized carbons (Fsp3) is 0.727.